The number of carbonyl (C=O) groups excluding carboxylic acids is 3. The highest BCUT2D eigenvalue weighted by Crippen LogP contribution is 2.07. The monoisotopic (exact) mass is 477 g/mol. The van der Waals surface area contributed by atoms with E-state index in [0.717, 1.165) is 0 Å². The third-order valence-corrected chi connectivity index (χ3v) is 5.00. The number of aliphatic carboxylic acids is 2. The lowest BCUT2D eigenvalue weighted by Gasteiger charge is -2.26. The fraction of sp³-hybridized carbons (Fsp3) is 0.737. The number of thiol groups is 1. The highest BCUT2D eigenvalue weighted by Gasteiger charge is 2.31. The maximum absolute atomic E-state index is 12.8. The zero-order valence-corrected chi connectivity index (χ0v) is 19.3. The topological polar surface area (TPSA) is 214 Å². The predicted octanol–water partition coefficient (Wildman–Crippen LogP) is -1.57. The maximum Gasteiger partial charge on any atom is 0.327 e. The molecule has 0 heterocycles. The Bertz CT molecular complexity index is 662. The normalized spacial score (nSPS) is 14.7. The molecular weight excluding hydrogens is 442 g/mol. The quantitative estimate of drug-likeness (QED) is 0.0950. The van der Waals surface area contributed by atoms with Crippen molar-refractivity contribution in [1.29, 1.82) is 0 Å². The van der Waals surface area contributed by atoms with Gasteiger partial charge in [-0.15, -0.1) is 0 Å². The minimum absolute atomic E-state index is 0.201. The smallest absolute Gasteiger partial charge is 0.327 e. The number of amides is 3. The molecule has 0 aliphatic rings. The van der Waals surface area contributed by atoms with Gasteiger partial charge >= 0.3 is 11.9 Å². The summed E-state index contributed by atoms with van der Waals surface area (Å²) in [5, 5.41) is 25.2. The lowest BCUT2D eigenvalue weighted by atomic mass is 10.0. The summed E-state index contributed by atoms with van der Waals surface area (Å²) in [6.07, 6.45) is 1.03. The van der Waals surface area contributed by atoms with Crippen LogP contribution in [-0.2, 0) is 24.0 Å². The number of hydrogen-bond acceptors (Lipinski definition) is 8. The van der Waals surface area contributed by atoms with E-state index >= 15 is 0 Å². The summed E-state index contributed by atoms with van der Waals surface area (Å²) in [5.74, 6) is -5.22. The van der Waals surface area contributed by atoms with Crippen molar-refractivity contribution in [3.05, 3.63) is 0 Å². The van der Waals surface area contributed by atoms with Gasteiger partial charge in [0.1, 0.15) is 18.1 Å². The molecule has 0 fully saturated rings. The summed E-state index contributed by atoms with van der Waals surface area (Å²) in [5.41, 5.74) is 11.3. The standard InChI is InChI=1S/C19H35N5O7S/c1-10(2)15(24-16(27)11(21)5-3-4-8-20)18(29)22-12(6-7-14(25)26)17(28)23-13(9-32)19(30)31/h10-13,15,32H,3-9,20-21H2,1-2H3,(H,22,29)(H,23,28)(H,24,27)(H,25,26)(H,30,31). The van der Waals surface area contributed by atoms with Crippen LogP contribution in [-0.4, -0.2) is 76.3 Å². The van der Waals surface area contributed by atoms with E-state index in [-0.39, 0.29) is 18.1 Å². The van der Waals surface area contributed by atoms with Gasteiger partial charge in [0.25, 0.3) is 0 Å². The number of rotatable bonds is 16. The summed E-state index contributed by atoms with van der Waals surface area (Å²) in [6, 6.07) is -4.52. The molecule has 184 valence electrons. The van der Waals surface area contributed by atoms with Gasteiger partial charge in [-0.1, -0.05) is 20.3 Å². The molecule has 0 aliphatic carbocycles. The third-order valence-electron chi connectivity index (χ3n) is 4.63. The first kappa shape index (κ1) is 29.6. The minimum Gasteiger partial charge on any atom is -0.481 e. The second-order valence-corrected chi connectivity index (χ2v) is 8.06. The van der Waals surface area contributed by atoms with Crippen molar-refractivity contribution in [2.24, 2.45) is 17.4 Å². The first-order valence-electron chi connectivity index (χ1n) is 10.4. The highest BCUT2D eigenvalue weighted by molar-refractivity contribution is 7.80. The Morgan fingerprint density at radius 3 is 1.94 bits per heavy atom. The molecule has 0 saturated carbocycles. The Labute approximate surface area is 192 Å². The van der Waals surface area contributed by atoms with E-state index in [1.165, 1.54) is 0 Å². The molecule has 0 rings (SSSR count). The minimum atomic E-state index is -1.33. The van der Waals surface area contributed by atoms with Crippen LogP contribution in [0.25, 0.3) is 0 Å². The van der Waals surface area contributed by atoms with E-state index in [2.05, 4.69) is 28.6 Å². The lowest BCUT2D eigenvalue weighted by molar-refractivity contribution is -0.142. The van der Waals surface area contributed by atoms with Gasteiger partial charge < -0.3 is 37.6 Å². The first-order chi connectivity index (χ1) is 14.9. The van der Waals surface area contributed by atoms with Crippen LogP contribution in [0.5, 0.6) is 0 Å². The number of carboxylic acid groups (broad SMARTS) is 2. The zero-order chi connectivity index (χ0) is 24.8. The van der Waals surface area contributed by atoms with Gasteiger partial charge in [0, 0.05) is 12.2 Å². The number of hydrogen-bond donors (Lipinski definition) is 8. The Morgan fingerprint density at radius 1 is 0.875 bits per heavy atom. The Balaban J connectivity index is 5.31. The van der Waals surface area contributed by atoms with Crippen molar-refractivity contribution in [2.75, 3.05) is 12.3 Å². The lowest BCUT2D eigenvalue weighted by Crippen LogP contribution is -2.58. The van der Waals surface area contributed by atoms with Gasteiger partial charge in [0.15, 0.2) is 0 Å². The van der Waals surface area contributed by atoms with Crippen molar-refractivity contribution < 1.29 is 34.2 Å². The molecule has 9 N–H and O–H groups in total. The second kappa shape index (κ2) is 15.4. The molecule has 0 aromatic carbocycles. The Hall–Kier alpha value is -2.38. The van der Waals surface area contributed by atoms with Crippen LogP contribution >= 0.6 is 12.6 Å². The van der Waals surface area contributed by atoms with Crippen LogP contribution in [0, 0.1) is 5.92 Å². The molecule has 0 aliphatic heterocycles. The van der Waals surface area contributed by atoms with E-state index < -0.39 is 60.2 Å². The molecule has 0 saturated heterocycles. The largest absolute Gasteiger partial charge is 0.481 e. The van der Waals surface area contributed by atoms with E-state index in [4.69, 9.17) is 21.7 Å². The molecule has 0 aromatic rings. The van der Waals surface area contributed by atoms with Crippen molar-refractivity contribution in [3.8, 4) is 0 Å². The third kappa shape index (κ3) is 11.3. The molecule has 32 heavy (non-hydrogen) atoms. The Morgan fingerprint density at radius 2 is 1.47 bits per heavy atom. The SMILES string of the molecule is CC(C)C(NC(=O)C(N)CCCCN)C(=O)NC(CCC(=O)O)C(=O)NC(CS)C(=O)O. The predicted molar refractivity (Wildman–Crippen MR) is 120 cm³/mol. The molecule has 0 aromatic heterocycles. The van der Waals surface area contributed by atoms with E-state index in [1.54, 1.807) is 13.8 Å². The highest BCUT2D eigenvalue weighted by atomic mass is 32.1. The number of carbonyl (C=O) groups is 5. The Kier molecular flexibility index (Phi) is 14.3. The summed E-state index contributed by atoms with van der Waals surface area (Å²) < 4.78 is 0. The molecule has 13 heteroatoms. The second-order valence-electron chi connectivity index (χ2n) is 7.70. The molecule has 4 atom stereocenters. The first-order valence-corrected chi connectivity index (χ1v) is 11.0. The van der Waals surface area contributed by atoms with Crippen LogP contribution < -0.4 is 27.4 Å². The molecule has 4 unspecified atom stereocenters. The zero-order valence-electron chi connectivity index (χ0n) is 18.4. The van der Waals surface area contributed by atoms with E-state index in [1.807, 2.05) is 0 Å². The fourth-order valence-electron chi connectivity index (χ4n) is 2.69. The van der Waals surface area contributed by atoms with Crippen LogP contribution in [0.1, 0.15) is 46.0 Å². The fourth-order valence-corrected chi connectivity index (χ4v) is 2.94. The summed E-state index contributed by atoms with van der Waals surface area (Å²) >= 11 is 3.86. The molecule has 3 amide bonds. The number of carboxylic acids is 2. The van der Waals surface area contributed by atoms with Crippen molar-refractivity contribution in [3.63, 3.8) is 0 Å². The summed E-state index contributed by atoms with van der Waals surface area (Å²) in [4.78, 5) is 59.8. The van der Waals surface area contributed by atoms with Gasteiger partial charge in [0.05, 0.1) is 6.04 Å². The van der Waals surface area contributed by atoms with Crippen LogP contribution in [0.15, 0.2) is 0 Å². The van der Waals surface area contributed by atoms with Gasteiger partial charge in [-0.25, -0.2) is 4.79 Å². The number of nitrogens with one attached hydrogen (secondary N) is 3. The summed E-state index contributed by atoms with van der Waals surface area (Å²) in [6.45, 7) is 3.83. The van der Waals surface area contributed by atoms with Gasteiger partial charge in [0.2, 0.25) is 17.7 Å². The number of unbranched alkanes of at least 4 members (excludes halogenated alkanes) is 1. The average Bonchev–Trinajstić information content (AvgIpc) is 2.71. The van der Waals surface area contributed by atoms with E-state index in [9.17, 15) is 24.0 Å². The van der Waals surface area contributed by atoms with Crippen molar-refractivity contribution in [1.82, 2.24) is 16.0 Å². The van der Waals surface area contributed by atoms with Gasteiger partial charge in [-0.05, 0) is 31.7 Å². The molecule has 0 radical (unpaired) electrons. The van der Waals surface area contributed by atoms with Crippen molar-refractivity contribution in [2.45, 2.75) is 70.1 Å². The van der Waals surface area contributed by atoms with Crippen LogP contribution in [0.2, 0.25) is 0 Å². The van der Waals surface area contributed by atoms with E-state index in [0.29, 0.717) is 25.8 Å². The maximum atomic E-state index is 12.8. The average molecular weight is 478 g/mol. The molecular formula is C19H35N5O7S. The van der Waals surface area contributed by atoms with Crippen molar-refractivity contribution >= 4 is 42.3 Å². The molecule has 0 spiro atoms. The summed E-state index contributed by atoms with van der Waals surface area (Å²) in [7, 11) is 0. The molecule has 12 nitrogen and oxygen atoms in total. The number of nitrogens with two attached hydrogens (primary N) is 2. The van der Waals surface area contributed by atoms with Gasteiger partial charge in [-0.2, -0.15) is 12.6 Å². The van der Waals surface area contributed by atoms with Crippen LogP contribution in [0.4, 0.5) is 0 Å². The molecule has 0 bridgehead atoms. The van der Waals surface area contributed by atoms with Gasteiger partial charge in [-0.3, -0.25) is 19.2 Å². The van der Waals surface area contributed by atoms with Crippen LogP contribution in [0.3, 0.4) is 0 Å².